The molecule has 0 saturated heterocycles. The van der Waals surface area contributed by atoms with E-state index >= 15 is 0 Å². The fourth-order valence-corrected chi connectivity index (χ4v) is 0.795. The van der Waals surface area contributed by atoms with Crippen LogP contribution in [0.15, 0.2) is 0 Å². The summed E-state index contributed by atoms with van der Waals surface area (Å²) in [6.07, 6.45) is 1.83. The third-order valence-corrected chi connectivity index (χ3v) is 1.97. The molecule has 3 N–H and O–H groups in total. The third-order valence-electron chi connectivity index (χ3n) is 1.97. The lowest BCUT2D eigenvalue weighted by Gasteiger charge is -2.06. The maximum Gasteiger partial charge on any atom is 0.236 e. The van der Waals surface area contributed by atoms with Gasteiger partial charge in [-0.05, 0) is 12.8 Å². The lowest BCUT2D eigenvalue weighted by molar-refractivity contribution is -0.128. The van der Waals surface area contributed by atoms with E-state index in [0.29, 0.717) is 0 Å². The Kier molecular flexibility index (Phi) is 1.85. The van der Waals surface area contributed by atoms with E-state index in [-0.39, 0.29) is 17.9 Å². The summed E-state index contributed by atoms with van der Waals surface area (Å²) in [7, 11) is 0. The van der Waals surface area contributed by atoms with Gasteiger partial charge in [-0.25, -0.2) is 0 Å². The van der Waals surface area contributed by atoms with Crippen LogP contribution in [-0.4, -0.2) is 18.4 Å². The first-order valence-corrected chi connectivity index (χ1v) is 3.61. The molecule has 0 spiro atoms. The van der Waals surface area contributed by atoms with Gasteiger partial charge in [0.2, 0.25) is 11.8 Å². The van der Waals surface area contributed by atoms with E-state index in [2.05, 4.69) is 5.32 Å². The van der Waals surface area contributed by atoms with Crippen LogP contribution in [0.1, 0.15) is 19.8 Å². The lowest BCUT2D eigenvalue weighted by Crippen LogP contribution is -2.37. The number of amides is 2. The van der Waals surface area contributed by atoms with Crippen LogP contribution in [0.5, 0.6) is 0 Å². The largest absolute Gasteiger partial charge is 0.368 e. The molecule has 0 aromatic carbocycles. The molecule has 4 heteroatoms. The van der Waals surface area contributed by atoms with Gasteiger partial charge in [-0.3, -0.25) is 9.59 Å². The normalized spacial score (nSPS) is 19.0. The number of carbonyl (C=O) groups excluding carboxylic acids is 2. The molecule has 2 amide bonds. The zero-order valence-corrected chi connectivity index (χ0v) is 6.52. The van der Waals surface area contributed by atoms with Crippen LogP contribution < -0.4 is 11.1 Å². The highest BCUT2D eigenvalue weighted by Crippen LogP contribution is 2.44. The number of primary amides is 1. The molecular formula is C7H12N2O2. The van der Waals surface area contributed by atoms with Gasteiger partial charge in [0.1, 0.15) is 0 Å². The zero-order chi connectivity index (χ0) is 8.48. The molecule has 1 aliphatic carbocycles. The second-order valence-corrected chi connectivity index (χ2v) is 3.21. The van der Waals surface area contributed by atoms with Gasteiger partial charge in [0.25, 0.3) is 0 Å². The van der Waals surface area contributed by atoms with Gasteiger partial charge < -0.3 is 11.1 Å². The third kappa shape index (κ3) is 1.93. The minimum Gasteiger partial charge on any atom is -0.368 e. The highest BCUT2D eigenvalue weighted by atomic mass is 16.2. The molecule has 11 heavy (non-hydrogen) atoms. The molecule has 0 aromatic heterocycles. The average Bonchev–Trinajstić information content (AvgIpc) is 2.64. The number of nitrogens with two attached hydrogens (primary N) is 1. The lowest BCUT2D eigenvalue weighted by atomic mass is 10.1. The second-order valence-electron chi connectivity index (χ2n) is 3.21. The molecule has 1 fully saturated rings. The quantitative estimate of drug-likeness (QED) is 0.572. The summed E-state index contributed by atoms with van der Waals surface area (Å²) in [5.74, 6) is -0.557. The molecule has 1 rings (SSSR count). The van der Waals surface area contributed by atoms with Gasteiger partial charge in [0.15, 0.2) is 0 Å². The van der Waals surface area contributed by atoms with Crippen molar-refractivity contribution < 1.29 is 9.59 Å². The van der Waals surface area contributed by atoms with Crippen LogP contribution in [0.4, 0.5) is 0 Å². The number of hydrogen-bond acceptors (Lipinski definition) is 2. The Balaban J connectivity index is 2.27. The van der Waals surface area contributed by atoms with Gasteiger partial charge in [-0.2, -0.15) is 0 Å². The highest BCUT2D eigenvalue weighted by molar-refractivity contribution is 5.88. The predicted molar refractivity (Wildman–Crippen MR) is 39.5 cm³/mol. The van der Waals surface area contributed by atoms with Crippen molar-refractivity contribution in [1.29, 1.82) is 0 Å². The molecule has 0 atom stereocenters. The monoisotopic (exact) mass is 156 g/mol. The van der Waals surface area contributed by atoms with E-state index in [1.54, 1.807) is 0 Å². The van der Waals surface area contributed by atoms with Crippen molar-refractivity contribution in [2.75, 3.05) is 6.54 Å². The Morgan fingerprint density at radius 1 is 1.55 bits per heavy atom. The van der Waals surface area contributed by atoms with E-state index < -0.39 is 5.91 Å². The van der Waals surface area contributed by atoms with Crippen molar-refractivity contribution in [1.82, 2.24) is 5.32 Å². The second kappa shape index (κ2) is 2.53. The number of carbonyl (C=O) groups is 2. The molecule has 0 radical (unpaired) electrons. The Bertz CT molecular complexity index is 197. The maximum atomic E-state index is 11.1. The Hall–Kier alpha value is -1.06. The molecule has 0 aliphatic heterocycles. The van der Waals surface area contributed by atoms with Crippen LogP contribution in [0.25, 0.3) is 0 Å². The van der Waals surface area contributed by atoms with E-state index in [1.165, 1.54) is 0 Å². The SMILES string of the molecule is CC1(C(=O)NCC(N)=O)CC1. The van der Waals surface area contributed by atoms with Gasteiger partial charge in [-0.15, -0.1) is 0 Å². The van der Waals surface area contributed by atoms with Gasteiger partial charge in [-0.1, -0.05) is 6.92 Å². The van der Waals surface area contributed by atoms with Crippen molar-refractivity contribution in [3.63, 3.8) is 0 Å². The number of hydrogen-bond donors (Lipinski definition) is 2. The van der Waals surface area contributed by atoms with E-state index in [4.69, 9.17) is 5.73 Å². The summed E-state index contributed by atoms with van der Waals surface area (Å²) in [5, 5.41) is 2.47. The first kappa shape index (κ1) is 8.04. The topological polar surface area (TPSA) is 72.2 Å². The Labute approximate surface area is 65.1 Å². The molecule has 4 nitrogen and oxygen atoms in total. The summed E-state index contributed by atoms with van der Waals surface area (Å²) in [6.45, 7) is 1.83. The summed E-state index contributed by atoms with van der Waals surface area (Å²) in [4.78, 5) is 21.4. The van der Waals surface area contributed by atoms with Crippen LogP contribution in [0.2, 0.25) is 0 Å². The molecule has 0 unspecified atom stereocenters. The molecule has 1 aliphatic rings. The molecular weight excluding hydrogens is 144 g/mol. The summed E-state index contributed by atoms with van der Waals surface area (Å²) < 4.78 is 0. The fourth-order valence-electron chi connectivity index (χ4n) is 0.795. The Morgan fingerprint density at radius 3 is 2.45 bits per heavy atom. The summed E-state index contributed by atoms with van der Waals surface area (Å²) in [5.41, 5.74) is 4.64. The number of rotatable bonds is 3. The van der Waals surface area contributed by atoms with Crippen LogP contribution in [-0.2, 0) is 9.59 Å². The van der Waals surface area contributed by atoms with Crippen LogP contribution >= 0.6 is 0 Å². The van der Waals surface area contributed by atoms with Crippen molar-refractivity contribution in [2.45, 2.75) is 19.8 Å². The predicted octanol–water partition coefficient (Wildman–Crippen LogP) is -0.612. The van der Waals surface area contributed by atoms with E-state index in [9.17, 15) is 9.59 Å². The standard InChI is InChI=1S/C7H12N2O2/c1-7(2-3-7)6(11)9-4-5(8)10/h2-4H2,1H3,(H2,8,10)(H,9,11). The molecule has 0 bridgehead atoms. The minimum absolute atomic E-state index is 0.0472. The first-order chi connectivity index (χ1) is 5.04. The van der Waals surface area contributed by atoms with Crippen molar-refractivity contribution in [3.05, 3.63) is 0 Å². The van der Waals surface area contributed by atoms with Crippen molar-refractivity contribution >= 4 is 11.8 Å². The van der Waals surface area contributed by atoms with E-state index in [0.717, 1.165) is 12.8 Å². The molecule has 0 heterocycles. The fraction of sp³-hybridized carbons (Fsp3) is 0.714. The van der Waals surface area contributed by atoms with Gasteiger partial charge >= 0.3 is 0 Å². The van der Waals surface area contributed by atoms with Crippen LogP contribution in [0.3, 0.4) is 0 Å². The van der Waals surface area contributed by atoms with Crippen molar-refractivity contribution in [3.8, 4) is 0 Å². The number of nitrogens with one attached hydrogen (secondary N) is 1. The summed E-state index contributed by atoms with van der Waals surface area (Å²) >= 11 is 0. The minimum atomic E-state index is -0.498. The maximum absolute atomic E-state index is 11.1. The molecule has 1 saturated carbocycles. The molecule has 62 valence electrons. The Morgan fingerprint density at radius 2 is 2.09 bits per heavy atom. The summed E-state index contributed by atoms with van der Waals surface area (Å²) in [6, 6.07) is 0. The zero-order valence-electron chi connectivity index (χ0n) is 6.52. The van der Waals surface area contributed by atoms with Crippen molar-refractivity contribution in [2.24, 2.45) is 11.1 Å². The smallest absolute Gasteiger partial charge is 0.236 e. The first-order valence-electron chi connectivity index (χ1n) is 3.61. The van der Waals surface area contributed by atoms with E-state index in [1.807, 2.05) is 6.92 Å². The van der Waals surface area contributed by atoms with Gasteiger partial charge in [0.05, 0.1) is 6.54 Å². The van der Waals surface area contributed by atoms with Gasteiger partial charge in [0, 0.05) is 5.41 Å². The highest BCUT2D eigenvalue weighted by Gasteiger charge is 2.44. The van der Waals surface area contributed by atoms with Crippen LogP contribution in [0, 0.1) is 5.41 Å². The average molecular weight is 156 g/mol. The molecule has 0 aromatic rings.